The number of hydrogen-bond acceptors (Lipinski definition) is 13. The third-order valence-corrected chi connectivity index (χ3v) is 9.18. The summed E-state index contributed by atoms with van der Waals surface area (Å²) in [6.07, 6.45) is -0.366. The van der Waals surface area contributed by atoms with Crippen molar-refractivity contribution in [2.45, 2.75) is 102 Å². The number of anilines is 1. The van der Waals surface area contributed by atoms with Crippen LogP contribution in [0.15, 0.2) is 70.2 Å². The second-order valence-electron chi connectivity index (χ2n) is 14.5. The fourth-order valence-electron chi connectivity index (χ4n) is 5.13. The Morgan fingerprint density at radius 3 is 2.09 bits per heavy atom. The van der Waals surface area contributed by atoms with Crippen molar-refractivity contribution in [2.75, 3.05) is 18.1 Å². The number of ether oxygens (including phenoxy) is 4. The molecule has 2 aromatic carbocycles. The number of hydrogen-bond donors (Lipinski definition) is 1. The molecule has 0 aliphatic carbocycles. The van der Waals surface area contributed by atoms with E-state index in [1.54, 1.807) is 65.8 Å². The molecule has 1 fully saturated rings. The van der Waals surface area contributed by atoms with Crippen LogP contribution in [0.2, 0.25) is 0 Å². The fourth-order valence-corrected chi connectivity index (χ4v) is 5.86. The number of imide groups is 1. The number of nitrogens with one attached hydrogen (secondary N) is 1. The first kappa shape index (κ1) is 31.9. The summed E-state index contributed by atoms with van der Waals surface area (Å²) in [6, 6.07) is 12.5. The minimum absolute atomic E-state index is 0.00737. The highest BCUT2D eigenvalue weighted by Crippen LogP contribution is 2.35. The highest BCUT2D eigenvalue weighted by Gasteiger charge is 2.37. The Hall–Kier alpha value is -5.35. The van der Waals surface area contributed by atoms with Gasteiger partial charge in [-0.05, 0) is 85.8 Å². The first-order valence-corrected chi connectivity index (χ1v) is 18.7. The van der Waals surface area contributed by atoms with Gasteiger partial charge in [-0.3, -0.25) is 0 Å². The quantitative estimate of drug-likeness (QED) is 0.163. The lowest BCUT2D eigenvalue weighted by molar-refractivity contribution is 0.0428. The number of sulfone groups is 1. The maximum Gasteiger partial charge on any atom is 0.425 e. The molecule has 3 heterocycles. The van der Waals surface area contributed by atoms with Gasteiger partial charge in [-0.15, -0.1) is 0 Å². The van der Waals surface area contributed by atoms with Gasteiger partial charge in [0.25, 0.3) is 0 Å². The predicted molar refractivity (Wildman–Crippen MR) is 203 cm³/mol. The number of aromatic nitrogens is 3. The minimum atomic E-state index is -5.33. The normalized spacial score (nSPS) is 16.5. The summed E-state index contributed by atoms with van der Waals surface area (Å²) in [6.45, 7) is 3.11. The zero-order chi connectivity index (χ0) is 46.1. The number of rotatable bonds is 9. The molecule has 55 heavy (non-hydrogen) atoms. The lowest BCUT2D eigenvalue weighted by atomic mass is 10.1. The van der Waals surface area contributed by atoms with E-state index < -0.39 is 69.0 Å². The summed E-state index contributed by atoms with van der Waals surface area (Å²) in [5.74, 6) is -0.507. The summed E-state index contributed by atoms with van der Waals surface area (Å²) >= 11 is 0. The van der Waals surface area contributed by atoms with Gasteiger partial charge >= 0.3 is 18.3 Å². The van der Waals surface area contributed by atoms with Crippen LogP contribution in [-0.4, -0.2) is 77.5 Å². The molecule has 15 nitrogen and oxygen atoms in total. The molecule has 4 aromatic rings. The van der Waals surface area contributed by atoms with Crippen LogP contribution >= 0.6 is 0 Å². The van der Waals surface area contributed by atoms with Crippen LogP contribution in [0.4, 0.5) is 20.2 Å². The molecule has 1 aliphatic rings. The van der Waals surface area contributed by atoms with Gasteiger partial charge < -0.3 is 28.8 Å². The van der Waals surface area contributed by atoms with Gasteiger partial charge in [-0.2, -0.15) is 4.90 Å². The van der Waals surface area contributed by atoms with E-state index in [0.717, 1.165) is 18.3 Å². The molecule has 1 aliphatic heterocycles. The summed E-state index contributed by atoms with van der Waals surface area (Å²) in [7, 11) is -5.33. The fraction of sp³-hybridized carbons (Fsp3) is 0.436. The third kappa shape index (κ3) is 10.7. The molecule has 1 saturated heterocycles. The zero-order valence-corrected chi connectivity index (χ0v) is 32.0. The summed E-state index contributed by atoms with van der Waals surface area (Å²) in [5.41, 5.74) is -0.743. The highest BCUT2D eigenvalue weighted by atomic mass is 32.2. The van der Waals surface area contributed by atoms with Crippen molar-refractivity contribution in [3.63, 3.8) is 0 Å². The number of amides is 3. The first-order chi connectivity index (χ1) is 28.6. The molecule has 5 rings (SSSR count). The van der Waals surface area contributed by atoms with Gasteiger partial charge in [0, 0.05) is 46.0 Å². The Morgan fingerprint density at radius 1 is 0.927 bits per heavy atom. The number of carbonyl (C=O) groups is 3. The standard InChI is InChI=1S/C39H47N5O10S/c1-24(2)55(48,49)29-15-13-27(14-16-29)31-22-40-34(44(36(46)52-38(3,4)5)37(47)53-39(6,7)8)33(42-31)32-21-30(43-54-32)26-11-9-25(10-12-26)23-51-35(45)41-28-17-19-50-20-18-28/h9-16,21-22,24,28H,17-20,23H2,1-8H3,(H,41,45)/i1D3,2D3,24D. The number of benzene rings is 2. The largest absolute Gasteiger partial charge is 0.445 e. The molecule has 2 aromatic heterocycles. The van der Waals surface area contributed by atoms with Gasteiger partial charge in [-0.25, -0.2) is 32.8 Å². The first-order valence-electron chi connectivity index (χ1n) is 20.7. The van der Waals surface area contributed by atoms with Crippen molar-refractivity contribution >= 4 is 33.9 Å². The average molecular weight is 785 g/mol. The Labute approximate surface area is 330 Å². The van der Waals surface area contributed by atoms with Crippen molar-refractivity contribution in [3.8, 4) is 34.0 Å². The van der Waals surface area contributed by atoms with Crippen LogP contribution in [-0.2, 0) is 35.4 Å². The van der Waals surface area contributed by atoms with Crippen molar-refractivity contribution in [2.24, 2.45) is 0 Å². The van der Waals surface area contributed by atoms with Crippen molar-refractivity contribution in [1.82, 2.24) is 20.4 Å². The molecule has 16 heteroatoms. The third-order valence-electron chi connectivity index (χ3n) is 7.75. The van der Waals surface area contributed by atoms with Gasteiger partial charge in [-0.1, -0.05) is 41.6 Å². The molecule has 0 atom stereocenters. The van der Waals surface area contributed by atoms with Crippen LogP contribution in [0.25, 0.3) is 34.0 Å². The van der Waals surface area contributed by atoms with Crippen LogP contribution in [0.3, 0.4) is 0 Å². The van der Waals surface area contributed by atoms with Crippen molar-refractivity contribution < 1.29 is 55.9 Å². The molecule has 0 unspecified atom stereocenters. The molecule has 1 N–H and O–H groups in total. The second kappa shape index (κ2) is 16.6. The average Bonchev–Trinajstić information content (AvgIpc) is 3.66. The van der Waals surface area contributed by atoms with E-state index in [9.17, 15) is 22.8 Å². The second-order valence-corrected chi connectivity index (χ2v) is 16.3. The van der Waals surface area contributed by atoms with Gasteiger partial charge in [0.15, 0.2) is 27.1 Å². The van der Waals surface area contributed by atoms with Crippen molar-refractivity contribution in [1.29, 1.82) is 0 Å². The molecule has 0 bridgehead atoms. The molecule has 294 valence electrons. The smallest absolute Gasteiger partial charge is 0.425 e. The zero-order valence-electron chi connectivity index (χ0n) is 38.2. The number of carbonyl (C=O) groups excluding carboxylic acids is 3. The van der Waals surface area contributed by atoms with E-state index >= 15 is 0 Å². The maximum atomic E-state index is 13.7. The predicted octanol–water partition coefficient (Wildman–Crippen LogP) is 7.73. The van der Waals surface area contributed by atoms with Crippen LogP contribution < -0.4 is 10.2 Å². The number of nitrogens with zero attached hydrogens (tertiary/aromatic N) is 4. The van der Waals surface area contributed by atoms with Gasteiger partial charge in [0.1, 0.15) is 23.5 Å². The van der Waals surface area contributed by atoms with E-state index in [2.05, 4.69) is 20.4 Å². The van der Waals surface area contributed by atoms with Gasteiger partial charge in [0.2, 0.25) is 0 Å². The summed E-state index contributed by atoms with van der Waals surface area (Å²) in [4.78, 5) is 48.6. The topological polar surface area (TPSA) is 189 Å². The molecular formula is C39H47N5O10S. The maximum absolute atomic E-state index is 13.7. The van der Waals surface area contributed by atoms with E-state index in [-0.39, 0.29) is 41.1 Å². The Balaban J connectivity index is 1.54. The monoisotopic (exact) mass is 784 g/mol. The summed E-state index contributed by atoms with van der Waals surface area (Å²) in [5, 5.41) is 3.10. The molecular weight excluding hydrogens is 731 g/mol. The lowest BCUT2D eigenvalue weighted by Gasteiger charge is -2.28. The van der Waals surface area contributed by atoms with Crippen LogP contribution in [0.5, 0.6) is 0 Å². The Morgan fingerprint density at radius 2 is 1.51 bits per heavy atom. The van der Waals surface area contributed by atoms with Crippen LogP contribution in [0, 0.1) is 0 Å². The molecule has 0 spiro atoms. The molecule has 0 radical (unpaired) electrons. The van der Waals surface area contributed by atoms with E-state index in [1.807, 2.05) is 0 Å². The SMILES string of the molecule is [2H]C([2H])([2H])C([2H])(C([2H])([2H])[2H])S(=O)(=O)c1ccc(-c2cnc(N(C(=O)OC(C)(C)C)C(=O)OC(C)(C)C)c(-c3cc(-c4ccc(COC(=O)NC5CCOCC5)cc4)no3)n2)cc1. The molecule has 0 saturated carbocycles. The van der Waals surface area contributed by atoms with E-state index in [4.69, 9.17) is 33.1 Å². The summed E-state index contributed by atoms with van der Waals surface area (Å²) < 4.78 is 109. The minimum Gasteiger partial charge on any atom is -0.445 e. The highest BCUT2D eigenvalue weighted by molar-refractivity contribution is 7.92. The van der Waals surface area contributed by atoms with Crippen LogP contribution in [0.1, 0.15) is 83.2 Å². The van der Waals surface area contributed by atoms with E-state index in [1.165, 1.54) is 18.2 Å². The van der Waals surface area contributed by atoms with E-state index in [0.29, 0.717) is 42.1 Å². The number of alkyl carbamates (subject to hydrolysis) is 1. The lowest BCUT2D eigenvalue weighted by Crippen LogP contribution is -2.44. The van der Waals surface area contributed by atoms with Crippen molar-refractivity contribution in [3.05, 3.63) is 66.4 Å². The Kier molecular flexibility index (Phi) is 9.62. The Bertz CT molecular complexity index is 2330. The molecule has 3 amide bonds. The van der Waals surface area contributed by atoms with Gasteiger partial charge in [0.05, 0.1) is 22.0 Å².